The van der Waals surface area contributed by atoms with E-state index in [2.05, 4.69) is 0 Å². The van der Waals surface area contributed by atoms with Crippen LogP contribution in [0.5, 0.6) is 5.75 Å². The van der Waals surface area contributed by atoms with Gasteiger partial charge in [0.1, 0.15) is 17.2 Å². The third-order valence-electron chi connectivity index (χ3n) is 3.73. The molecule has 0 saturated heterocycles. The molecule has 19 heavy (non-hydrogen) atoms. The highest BCUT2D eigenvalue weighted by molar-refractivity contribution is 5.39. The number of rotatable bonds is 3. The number of benzene rings is 1. The molecule has 2 rings (SSSR count). The maximum Gasteiger partial charge on any atom is 0.125 e. The molecule has 0 bridgehead atoms. The molecule has 106 valence electrons. The molecule has 2 atom stereocenters. The molecule has 0 spiro atoms. The third kappa shape index (κ3) is 3.07. The lowest BCUT2D eigenvalue weighted by Gasteiger charge is -2.42. The van der Waals surface area contributed by atoms with Gasteiger partial charge in [0.05, 0.1) is 5.60 Å². The third-order valence-corrected chi connectivity index (χ3v) is 3.73. The molecule has 3 nitrogen and oxygen atoms in total. The Hall–Kier alpha value is -1.13. The Bertz CT molecular complexity index is 475. The molecule has 0 amide bonds. The largest absolute Gasteiger partial charge is 0.487 e. The summed E-state index contributed by atoms with van der Waals surface area (Å²) < 4.78 is 24.8. The van der Waals surface area contributed by atoms with E-state index < -0.39 is 5.60 Å². The fraction of sp³-hybridized carbons (Fsp3) is 0.600. The maximum atomic E-state index is 13.3. The first-order valence-corrected chi connectivity index (χ1v) is 6.54. The van der Waals surface area contributed by atoms with Gasteiger partial charge in [0.15, 0.2) is 0 Å². The van der Waals surface area contributed by atoms with Crippen LogP contribution in [-0.4, -0.2) is 18.3 Å². The van der Waals surface area contributed by atoms with Gasteiger partial charge >= 0.3 is 0 Å². The minimum absolute atomic E-state index is 0.211. The van der Waals surface area contributed by atoms with Crippen molar-refractivity contribution in [1.29, 1.82) is 0 Å². The van der Waals surface area contributed by atoms with Gasteiger partial charge < -0.3 is 15.2 Å². The van der Waals surface area contributed by atoms with Crippen molar-refractivity contribution in [1.82, 2.24) is 0 Å². The van der Waals surface area contributed by atoms with E-state index in [9.17, 15) is 4.39 Å². The number of hydrogen-bond acceptors (Lipinski definition) is 3. The van der Waals surface area contributed by atoms with E-state index in [1.54, 1.807) is 13.2 Å². The highest BCUT2D eigenvalue weighted by atomic mass is 19.1. The molecule has 1 aliphatic heterocycles. The summed E-state index contributed by atoms with van der Waals surface area (Å²) in [5.74, 6) is 0.396. The lowest BCUT2D eigenvalue weighted by molar-refractivity contribution is -0.0580. The minimum Gasteiger partial charge on any atom is -0.487 e. The van der Waals surface area contributed by atoms with Crippen LogP contribution in [0.15, 0.2) is 18.2 Å². The van der Waals surface area contributed by atoms with Gasteiger partial charge in [-0.15, -0.1) is 0 Å². The summed E-state index contributed by atoms with van der Waals surface area (Å²) in [6.45, 7) is 6.07. The van der Waals surface area contributed by atoms with E-state index in [4.69, 9.17) is 15.2 Å². The van der Waals surface area contributed by atoms with Gasteiger partial charge in [0, 0.05) is 31.6 Å². The van der Waals surface area contributed by atoms with E-state index in [-0.39, 0.29) is 17.5 Å². The highest BCUT2D eigenvalue weighted by Gasteiger charge is 2.40. The topological polar surface area (TPSA) is 44.5 Å². The summed E-state index contributed by atoms with van der Waals surface area (Å²) in [7, 11) is 1.69. The molecule has 0 aromatic heterocycles. The van der Waals surface area contributed by atoms with E-state index in [1.165, 1.54) is 12.1 Å². The van der Waals surface area contributed by atoms with Crippen LogP contribution in [0.3, 0.4) is 0 Å². The van der Waals surface area contributed by atoms with Gasteiger partial charge in [-0.1, -0.05) is 0 Å². The molecule has 1 aliphatic rings. The predicted molar refractivity (Wildman–Crippen MR) is 72.7 cm³/mol. The summed E-state index contributed by atoms with van der Waals surface area (Å²) in [5, 5.41) is 0. The number of fused-ring (bicyclic) bond motifs is 1. The average molecular weight is 267 g/mol. The monoisotopic (exact) mass is 267 g/mol. The van der Waals surface area contributed by atoms with Gasteiger partial charge in [0.2, 0.25) is 0 Å². The standard InChI is InChI=1S/C15H22FNO2/c1-14(2,18-4)9-15(3)8-12(17)11-7-10(16)5-6-13(11)19-15/h5-7,12H,8-9,17H2,1-4H3. The van der Waals surface area contributed by atoms with Crippen LogP contribution in [0.4, 0.5) is 4.39 Å². The maximum absolute atomic E-state index is 13.3. The first-order valence-electron chi connectivity index (χ1n) is 6.54. The first kappa shape index (κ1) is 14.3. The molecule has 1 aromatic carbocycles. The second-order valence-electron chi connectivity index (χ2n) is 6.19. The lowest BCUT2D eigenvalue weighted by Crippen LogP contribution is -2.46. The summed E-state index contributed by atoms with van der Waals surface area (Å²) in [6.07, 6.45) is 1.37. The summed E-state index contributed by atoms with van der Waals surface area (Å²) in [5.41, 5.74) is 6.22. The fourth-order valence-corrected chi connectivity index (χ4v) is 2.87. The van der Waals surface area contributed by atoms with Crippen molar-refractivity contribution < 1.29 is 13.9 Å². The van der Waals surface area contributed by atoms with Crippen molar-refractivity contribution in [2.75, 3.05) is 7.11 Å². The Kier molecular flexibility index (Phi) is 3.58. The van der Waals surface area contributed by atoms with Crippen molar-refractivity contribution in [3.8, 4) is 5.75 Å². The van der Waals surface area contributed by atoms with Crippen LogP contribution >= 0.6 is 0 Å². The first-order chi connectivity index (χ1) is 8.75. The highest BCUT2D eigenvalue weighted by Crippen LogP contribution is 2.42. The molecule has 1 aromatic rings. The molecule has 2 unspecified atom stereocenters. The summed E-state index contributed by atoms with van der Waals surface area (Å²) in [6, 6.07) is 4.30. The van der Waals surface area contributed by atoms with E-state index >= 15 is 0 Å². The van der Waals surface area contributed by atoms with Crippen molar-refractivity contribution >= 4 is 0 Å². The molecule has 0 aliphatic carbocycles. The van der Waals surface area contributed by atoms with Crippen LogP contribution in [0.2, 0.25) is 0 Å². The number of halogens is 1. The Morgan fingerprint density at radius 3 is 2.84 bits per heavy atom. The number of ether oxygens (including phenoxy) is 2. The Morgan fingerprint density at radius 2 is 2.21 bits per heavy atom. The Morgan fingerprint density at radius 1 is 1.53 bits per heavy atom. The van der Waals surface area contributed by atoms with E-state index in [1.807, 2.05) is 20.8 Å². The van der Waals surface area contributed by atoms with Crippen LogP contribution in [0.1, 0.15) is 45.2 Å². The van der Waals surface area contributed by atoms with Crippen molar-refractivity contribution in [2.24, 2.45) is 5.73 Å². The lowest BCUT2D eigenvalue weighted by atomic mass is 9.82. The van der Waals surface area contributed by atoms with E-state index in [0.29, 0.717) is 12.2 Å². The summed E-state index contributed by atoms with van der Waals surface area (Å²) >= 11 is 0. The zero-order valence-electron chi connectivity index (χ0n) is 12.0. The summed E-state index contributed by atoms with van der Waals surface area (Å²) in [4.78, 5) is 0. The van der Waals surface area contributed by atoms with Crippen LogP contribution in [0, 0.1) is 5.82 Å². The molecule has 0 fully saturated rings. The quantitative estimate of drug-likeness (QED) is 0.914. The van der Waals surface area contributed by atoms with Gasteiger partial charge in [-0.2, -0.15) is 0 Å². The van der Waals surface area contributed by atoms with Gasteiger partial charge in [-0.3, -0.25) is 0 Å². The predicted octanol–water partition coefficient (Wildman–Crippen LogP) is 3.18. The number of nitrogens with two attached hydrogens (primary N) is 1. The Labute approximate surface area is 113 Å². The van der Waals surface area contributed by atoms with Crippen molar-refractivity contribution in [2.45, 2.75) is 50.9 Å². The molecule has 0 saturated carbocycles. The second-order valence-corrected chi connectivity index (χ2v) is 6.19. The smallest absolute Gasteiger partial charge is 0.125 e. The number of hydrogen-bond donors (Lipinski definition) is 1. The van der Waals surface area contributed by atoms with Crippen LogP contribution in [-0.2, 0) is 4.74 Å². The second kappa shape index (κ2) is 4.76. The van der Waals surface area contributed by atoms with Crippen LogP contribution in [0.25, 0.3) is 0 Å². The molecule has 2 N–H and O–H groups in total. The molecular weight excluding hydrogens is 245 g/mol. The van der Waals surface area contributed by atoms with Gasteiger partial charge in [-0.25, -0.2) is 4.39 Å². The average Bonchev–Trinajstić information content (AvgIpc) is 2.29. The molecule has 0 radical (unpaired) electrons. The fourth-order valence-electron chi connectivity index (χ4n) is 2.87. The zero-order valence-corrected chi connectivity index (χ0v) is 12.0. The minimum atomic E-state index is -0.399. The Balaban J connectivity index is 2.27. The van der Waals surface area contributed by atoms with Gasteiger partial charge in [0.25, 0.3) is 0 Å². The zero-order chi connectivity index (χ0) is 14.3. The van der Waals surface area contributed by atoms with Crippen molar-refractivity contribution in [3.05, 3.63) is 29.6 Å². The normalized spacial score (nSPS) is 26.7. The van der Waals surface area contributed by atoms with Crippen LogP contribution < -0.4 is 10.5 Å². The molecule has 1 heterocycles. The van der Waals surface area contributed by atoms with Gasteiger partial charge in [-0.05, 0) is 39.0 Å². The molecular formula is C15H22FNO2. The van der Waals surface area contributed by atoms with E-state index in [0.717, 1.165) is 12.0 Å². The SMILES string of the molecule is COC(C)(C)CC1(C)CC(N)c2cc(F)ccc2O1. The van der Waals surface area contributed by atoms with Crippen molar-refractivity contribution in [3.63, 3.8) is 0 Å². The number of methoxy groups -OCH3 is 1. The molecule has 4 heteroatoms.